The van der Waals surface area contributed by atoms with Crippen LogP contribution in [0.1, 0.15) is 48.5 Å². The number of rotatable bonds is 8. The standard InChI is InChI=1S/C33H39N7O3/c1-4-37(25-11-12-30-24(17-25)14-16-38(30)33(42)35-2)28-13-15-36-31(20-28)40(34)32(41)23-7-5-22(6-8-23)21-39-26-9-10-27(39)19-29(18-26)43-3/h5-8,11-17,20,26-27,29H,4,9-10,18-19,21,34H2,1-3H3,(H,35,42)/t26-,27?,29-/m1/s1. The molecule has 10 nitrogen and oxygen atoms in total. The highest BCUT2D eigenvalue weighted by Crippen LogP contribution is 2.38. The SMILES string of the molecule is CCN(c1ccnc(N(N)C(=O)c2ccc(CN3C4CC[C@@H]3C[C@@H](OC)C4)cc2)c1)c1ccc2c(ccn2C(=O)NC)c1. The van der Waals surface area contributed by atoms with Crippen molar-refractivity contribution in [2.45, 2.75) is 57.3 Å². The topological polar surface area (TPSA) is 109 Å². The number of pyridine rings is 1. The Balaban J connectivity index is 1.16. The number of nitrogens with zero attached hydrogens (tertiary/aromatic N) is 5. The van der Waals surface area contributed by atoms with Gasteiger partial charge in [-0.05, 0) is 80.6 Å². The van der Waals surface area contributed by atoms with Crippen LogP contribution < -0.4 is 21.1 Å². The van der Waals surface area contributed by atoms with Crippen LogP contribution in [0.4, 0.5) is 22.0 Å². The number of amides is 2. The van der Waals surface area contributed by atoms with Gasteiger partial charge in [-0.1, -0.05) is 12.1 Å². The highest BCUT2D eigenvalue weighted by Gasteiger charge is 2.40. The average molecular weight is 582 g/mol. The Hall–Kier alpha value is -4.25. The molecule has 2 fully saturated rings. The van der Waals surface area contributed by atoms with Gasteiger partial charge in [-0.2, -0.15) is 0 Å². The number of ether oxygens (including phenoxy) is 1. The molecule has 0 aliphatic carbocycles. The van der Waals surface area contributed by atoms with Gasteiger partial charge in [-0.3, -0.25) is 14.3 Å². The third-order valence-electron chi connectivity index (χ3n) is 8.98. The van der Waals surface area contributed by atoms with E-state index in [9.17, 15) is 9.59 Å². The summed E-state index contributed by atoms with van der Waals surface area (Å²) in [6.45, 7) is 3.61. The van der Waals surface area contributed by atoms with Gasteiger partial charge < -0.3 is 15.0 Å². The van der Waals surface area contributed by atoms with Crippen LogP contribution in [0.15, 0.2) is 73.1 Å². The summed E-state index contributed by atoms with van der Waals surface area (Å²) in [6, 6.07) is 20.3. The van der Waals surface area contributed by atoms with E-state index in [0.717, 1.165) is 46.7 Å². The van der Waals surface area contributed by atoms with E-state index in [1.165, 1.54) is 18.4 Å². The van der Waals surface area contributed by atoms with Crippen LogP contribution in [0.25, 0.3) is 10.9 Å². The van der Waals surface area contributed by atoms with Crippen LogP contribution in [0.5, 0.6) is 0 Å². The van der Waals surface area contributed by atoms with E-state index in [2.05, 4.69) is 27.0 Å². The van der Waals surface area contributed by atoms with E-state index in [-0.39, 0.29) is 11.9 Å². The van der Waals surface area contributed by atoms with Crippen molar-refractivity contribution in [3.63, 3.8) is 0 Å². The number of hydrogen-bond acceptors (Lipinski definition) is 7. The molecule has 3 N–H and O–H groups in total. The first-order chi connectivity index (χ1) is 20.9. The summed E-state index contributed by atoms with van der Waals surface area (Å²) >= 11 is 0. The Morgan fingerprint density at radius 1 is 1.02 bits per heavy atom. The van der Waals surface area contributed by atoms with Crippen molar-refractivity contribution in [1.29, 1.82) is 0 Å². The fourth-order valence-corrected chi connectivity index (χ4v) is 6.70. The minimum atomic E-state index is -0.322. The van der Waals surface area contributed by atoms with Crippen molar-refractivity contribution in [2.75, 3.05) is 30.6 Å². The Labute approximate surface area is 252 Å². The minimum Gasteiger partial charge on any atom is -0.381 e. The molecule has 2 bridgehead atoms. The molecule has 3 atom stereocenters. The summed E-state index contributed by atoms with van der Waals surface area (Å²) < 4.78 is 7.23. The van der Waals surface area contributed by atoms with Crippen molar-refractivity contribution in [2.24, 2.45) is 5.84 Å². The van der Waals surface area contributed by atoms with Crippen LogP contribution in [0, 0.1) is 0 Å². The Morgan fingerprint density at radius 2 is 1.74 bits per heavy atom. The lowest BCUT2D eigenvalue weighted by Crippen LogP contribution is -2.44. The minimum absolute atomic E-state index is 0.189. The van der Waals surface area contributed by atoms with Crippen molar-refractivity contribution >= 4 is 40.0 Å². The molecule has 0 saturated carbocycles. The molecule has 2 aromatic carbocycles. The van der Waals surface area contributed by atoms with Gasteiger partial charge in [0, 0.05) is 80.1 Å². The molecular formula is C33H39N7O3. The molecule has 224 valence electrons. The van der Waals surface area contributed by atoms with Crippen molar-refractivity contribution in [3.05, 3.63) is 84.2 Å². The van der Waals surface area contributed by atoms with Gasteiger partial charge in [-0.25, -0.2) is 20.6 Å². The maximum Gasteiger partial charge on any atom is 0.325 e. The smallest absolute Gasteiger partial charge is 0.325 e. The molecule has 0 radical (unpaired) electrons. The van der Waals surface area contributed by atoms with E-state index in [4.69, 9.17) is 10.6 Å². The molecule has 2 saturated heterocycles. The van der Waals surface area contributed by atoms with Crippen molar-refractivity contribution < 1.29 is 14.3 Å². The zero-order chi connectivity index (χ0) is 30.1. The molecule has 2 aliphatic rings. The van der Waals surface area contributed by atoms with E-state index in [1.807, 2.05) is 67.8 Å². The summed E-state index contributed by atoms with van der Waals surface area (Å²) in [5, 5.41) is 4.71. The zero-order valence-corrected chi connectivity index (χ0v) is 24.9. The summed E-state index contributed by atoms with van der Waals surface area (Å²) in [4.78, 5) is 34.6. The second-order valence-corrected chi connectivity index (χ2v) is 11.4. The molecule has 43 heavy (non-hydrogen) atoms. The normalized spacial score (nSPS) is 19.9. The van der Waals surface area contributed by atoms with Crippen LogP contribution >= 0.6 is 0 Å². The number of anilines is 3. The second kappa shape index (κ2) is 12.2. The molecule has 2 amide bonds. The van der Waals surface area contributed by atoms with Gasteiger partial charge in [0.05, 0.1) is 11.6 Å². The maximum absolute atomic E-state index is 13.4. The number of piperidine rings is 1. The van der Waals surface area contributed by atoms with E-state index in [1.54, 1.807) is 24.0 Å². The van der Waals surface area contributed by atoms with Crippen LogP contribution in [-0.4, -0.2) is 65.3 Å². The Kier molecular flexibility index (Phi) is 8.16. The van der Waals surface area contributed by atoms with Gasteiger partial charge in [0.15, 0.2) is 5.82 Å². The first kappa shape index (κ1) is 28.9. The highest BCUT2D eigenvalue weighted by molar-refractivity contribution is 6.05. The van der Waals surface area contributed by atoms with Crippen LogP contribution in [0.3, 0.4) is 0 Å². The maximum atomic E-state index is 13.4. The third-order valence-corrected chi connectivity index (χ3v) is 8.98. The summed E-state index contributed by atoms with van der Waals surface area (Å²) in [5.74, 6) is 6.37. The quantitative estimate of drug-likeness (QED) is 0.170. The largest absolute Gasteiger partial charge is 0.381 e. The first-order valence-electron chi connectivity index (χ1n) is 14.9. The van der Waals surface area contributed by atoms with Gasteiger partial charge in [0.1, 0.15) is 0 Å². The lowest BCUT2D eigenvalue weighted by Gasteiger charge is -2.38. The monoisotopic (exact) mass is 581 g/mol. The Bertz CT molecular complexity index is 1600. The lowest BCUT2D eigenvalue weighted by atomic mass is 9.98. The number of hydrogen-bond donors (Lipinski definition) is 2. The summed E-state index contributed by atoms with van der Waals surface area (Å²) in [5.41, 5.74) is 4.32. The van der Waals surface area contributed by atoms with Crippen molar-refractivity contribution in [3.8, 4) is 0 Å². The zero-order valence-electron chi connectivity index (χ0n) is 24.9. The molecule has 4 heterocycles. The molecule has 4 aromatic rings. The van der Waals surface area contributed by atoms with Gasteiger partial charge in [-0.15, -0.1) is 0 Å². The number of benzene rings is 2. The molecule has 10 heteroatoms. The highest BCUT2D eigenvalue weighted by atomic mass is 16.5. The molecule has 2 aromatic heterocycles. The number of nitrogens with two attached hydrogens (primary N) is 1. The molecule has 1 unspecified atom stereocenters. The van der Waals surface area contributed by atoms with Crippen LogP contribution in [0.2, 0.25) is 0 Å². The summed E-state index contributed by atoms with van der Waals surface area (Å²) in [6.07, 6.45) is 8.42. The predicted molar refractivity (Wildman–Crippen MR) is 169 cm³/mol. The van der Waals surface area contributed by atoms with Gasteiger partial charge >= 0.3 is 6.03 Å². The summed E-state index contributed by atoms with van der Waals surface area (Å²) in [7, 11) is 3.43. The third kappa shape index (κ3) is 5.61. The number of nitrogens with one attached hydrogen (secondary N) is 1. The first-order valence-corrected chi connectivity index (χ1v) is 14.9. The van der Waals surface area contributed by atoms with Gasteiger partial charge in [0.2, 0.25) is 0 Å². The Morgan fingerprint density at radius 3 is 2.42 bits per heavy atom. The number of aromatic nitrogens is 2. The number of methoxy groups -OCH3 is 1. The average Bonchev–Trinajstić information content (AvgIpc) is 3.56. The molecular weight excluding hydrogens is 542 g/mol. The lowest BCUT2D eigenvalue weighted by molar-refractivity contribution is 0.00251. The fourth-order valence-electron chi connectivity index (χ4n) is 6.70. The fraction of sp³-hybridized carbons (Fsp3) is 0.364. The number of carbonyl (C=O) groups is 2. The van der Waals surface area contributed by atoms with Crippen LogP contribution in [-0.2, 0) is 11.3 Å². The van der Waals surface area contributed by atoms with E-state index >= 15 is 0 Å². The second-order valence-electron chi connectivity index (χ2n) is 11.4. The van der Waals surface area contributed by atoms with E-state index < -0.39 is 0 Å². The predicted octanol–water partition coefficient (Wildman–Crippen LogP) is 5.04. The molecule has 2 aliphatic heterocycles. The number of hydrazine groups is 1. The molecule has 6 rings (SSSR count). The number of carbonyl (C=O) groups excluding carboxylic acids is 2. The number of fused-ring (bicyclic) bond motifs is 3. The molecule has 0 spiro atoms. The van der Waals surface area contributed by atoms with E-state index in [0.29, 0.717) is 36.1 Å². The van der Waals surface area contributed by atoms with Gasteiger partial charge in [0.25, 0.3) is 5.91 Å². The van der Waals surface area contributed by atoms with Crippen molar-refractivity contribution in [1.82, 2.24) is 19.8 Å².